The Morgan fingerprint density at radius 3 is 2.75 bits per heavy atom. The standard InChI is InChI=1S/C17H25NOS/c1-11-6-7-12(2)16(10-11)17(19)14(4)18-8-9-20-15(5)13(18)3/h6-7,10,13-15H,8-9H2,1-5H3. The Kier molecular flexibility index (Phi) is 4.92. The lowest BCUT2D eigenvalue weighted by molar-refractivity contribution is 0.0780. The van der Waals surface area contributed by atoms with Crippen LogP contribution in [0, 0.1) is 13.8 Å². The van der Waals surface area contributed by atoms with Crippen molar-refractivity contribution in [1.82, 2.24) is 4.90 Å². The summed E-state index contributed by atoms with van der Waals surface area (Å²) in [6, 6.07) is 6.57. The number of benzene rings is 1. The number of aryl methyl sites for hydroxylation is 2. The maximum atomic E-state index is 12.8. The molecule has 0 saturated carbocycles. The van der Waals surface area contributed by atoms with Gasteiger partial charge in [0.25, 0.3) is 0 Å². The van der Waals surface area contributed by atoms with Crippen LogP contribution in [0.15, 0.2) is 18.2 Å². The fourth-order valence-corrected chi connectivity index (χ4v) is 4.00. The van der Waals surface area contributed by atoms with Crippen LogP contribution in [0.2, 0.25) is 0 Å². The Morgan fingerprint density at radius 2 is 2.05 bits per heavy atom. The second-order valence-electron chi connectivity index (χ2n) is 5.91. The summed E-state index contributed by atoms with van der Waals surface area (Å²) in [7, 11) is 0. The van der Waals surface area contributed by atoms with E-state index in [9.17, 15) is 4.79 Å². The summed E-state index contributed by atoms with van der Waals surface area (Å²) >= 11 is 2.01. The minimum absolute atomic E-state index is 0.0335. The maximum Gasteiger partial charge on any atom is 0.179 e. The number of carbonyl (C=O) groups is 1. The van der Waals surface area contributed by atoms with Gasteiger partial charge in [0.05, 0.1) is 6.04 Å². The van der Waals surface area contributed by atoms with E-state index in [-0.39, 0.29) is 11.8 Å². The Morgan fingerprint density at radius 1 is 1.35 bits per heavy atom. The molecule has 0 radical (unpaired) electrons. The van der Waals surface area contributed by atoms with Crippen LogP contribution in [0.3, 0.4) is 0 Å². The molecule has 2 nitrogen and oxygen atoms in total. The van der Waals surface area contributed by atoms with Gasteiger partial charge in [-0.15, -0.1) is 0 Å². The highest BCUT2D eigenvalue weighted by Crippen LogP contribution is 2.27. The number of Topliss-reactive ketones (excluding diaryl/α,β-unsaturated/α-hetero) is 1. The summed E-state index contributed by atoms with van der Waals surface area (Å²) in [4.78, 5) is 15.2. The van der Waals surface area contributed by atoms with Gasteiger partial charge in [0.15, 0.2) is 5.78 Å². The third-order valence-electron chi connectivity index (χ3n) is 4.47. The topological polar surface area (TPSA) is 20.3 Å². The highest BCUT2D eigenvalue weighted by Gasteiger charge is 2.32. The molecule has 0 amide bonds. The zero-order chi connectivity index (χ0) is 14.9. The minimum atomic E-state index is -0.0335. The minimum Gasteiger partial charge on any atom is -0.292 e. The van der Waals surface area contributed by atoms with Crippen molar-refractivity contribution in [1.29, 1.82) is 0 Å². The summed E-state index contributed by atoms with van der Waals surface area (Å²) in [6.45, 7) is 11.6. The molecule has 0 bridgehead atoms. The van der Waals surface area contributed by atoms with E-state index in [2.05, 4.69) is 31.7 Å². The smallest absolute Gasteiger partial charge is 0.179 e. The van der Waals surface area contributed by atoms with Crippen LogP contribution >= 0.6 is 11.8 Å². The van der Waals surface area contributed by atoms with Crippen molar-refractivity contribution in [3.05, 3.63) is 34.9 Å². The highest BCUT2D eigenvalue weighted by atomic mass is 32.2. The molecule has 1 aromatic rings. The number of ketones is 1. The van der Waals surface area contributed by atoms with Crippen molar-refractivity contribution >= 4 is 17.5 Å². The molecule has 1 aromatic carbocycles. The number of hydrogen-bond donors (Lipinski definition) is 0. The molecular formula is C17H25NOS. The molecule has 2 rings (SSSR count). The van der Waals surface area contributed by atoms with E-state index in [1.807, 2.05) is 37.7 Å². The van der Waals surface area contributed by atoms with E-state index in [1.54, 1.807) is 0 Å². The molecule has 1 heterocycles. The molecule has 110 valence electrons. The SMILES string of the molecule is Cc1ccc(C)c(C(=O)C(C)N2CCSC(C)C2C)c1. The van der Waals surface area contributed by atoms with Crippen LogP contribution in [0.4, 0.5) is 0 Å². The van der Waals surface area contributed by atoms with E-state index in [0.29, 0.717) is 11.3 Å². The highest BCUT2D eigenvalue weighted by molar-refractivity contribution is 8.00. The molecular weight excluding hydrogens is 266 g/mol. The lowest BCUT2D eigenvalue weighted by Crippen LogP contribution is -2.51. The quantitative estimate of drug-likeness (QED) is 0.792. The van der Waals surface area contributed by atoms with Gasteiger partial charge in [-0.3, -0.25) is 9.69 Å². The van der Waals surface area contributed by atoms with Crippen molar-refractivity contribution in [3.8, 4) is 0 Å². The summed E-state index contributed by atoms with van der Waals surface area (Å²) in [5.41, 5.74) is 3.12. The molecule has 0 N–H and O–H groups in total. The van der Waals surface area contributed by atoms with E-state index in [4.69, 9.17) is 0 Å². The zero-order valence-electron chi connectivity index (χ0n) is 13.1. The van der Waals surface area contributed by atoms with Crippen LogP contribution in [0.25, 0.3) is 0 Å². The third-order valence-corrected chi connectivity index (χ3v) is 5.81. The first kappa shape index (κ1) is 15.6. The van der Waals surface area contributed by atoms with E-state index < -0.39 is 0 Å². The molecule has 1 aliphatic heterocycles. The third kappa shape index (κ3) is 3.09. The average Bonchev–Trinajstić information content (AvgIpc) is 2.43. The Labute approximate surface area is 126 Å². The molecule has 0 spiro atoms. The molecule has 3 unspecified atom stereocenters. The Hall–Kier alpha value is -0.800. The summed E-state index contributed by atoms with van der Waals surface area (Å²) in [6.07, 6.45) is 0. The van der Waals surface area contributed by atoms with E-state index in [0.717, 1.165) is 29.0 Å². The van der Waals surface area contributed by atoms with Crippen molar-refractivity contribution in [2.75, 3.05) is 12.3 Å². The summed E-state index contributed by atoms with van der Waals surface area (Å²) in [5.74, 6) is 1.38. The van der Waals surface area contributed by atoms with Crippen LogP contribution in [-0.4, -0.2) is 40.3 Å². The number of hydrogen-bond acceptors (Lipinski definition) is 3. The van der Waals surface area contributed by atoms with Crippen LogP contribution in [0.5, 0.6) is 0 Å². The molecule has 0 aliphatic carbocycles. The molecule has 1 fully saturated rings. The second kappa shape index (κ2) is 6.31. The fraction of sp³-hybridized carbons (Fsp3) is 0.588. The summed E-state index contributed by atoms with van der Waals surface area (Å²) in [5, 5.41) is 0.595. The molecule has 1 saturated heterocycles. The predicted molar refractivity (Wildman–Crippen MR) is 87.8 cm³/mol. The lowest BCUT2D eigenvalue weighted by Gasteiger charge is -2.40. The van der Waals surface area contributed by atoms with Gasteiger partial charge in [-0.25, -0.2) is 0 Å². The first-order valence-corrected chi connectivity index (χ1v) is 8.45. The molecule has 3 atom stereocenters. The predicted octanol–water partition coefficient (Wildman–Crippen LogP) is 3.70. The van der Waals surface area contributed by atoms with E-state index in [1.165, 1.54) is 0 Å². The number of rotatable bonds is 3. The zero-order valence-corrected chi connectivity index (χ0v) is 14.0. The first-order valence-electron chi connectivity index (χ1n) is 7.40. The van der Waals surface area contributed by atoms with Gasteiger partial charge in [-0.1, -0.05) is 24.6 Å². The monoisotopic (exact) mass is 291 g/mol. The normalized spacial score (nSPS) is 25.4. The second-order valence-corrected chi connectivity index (χ2v) is 7.40. The average molecular weight is 291 g/mol. The largest absolute Gasteiger partial charge is 0.292 e. The van der Waals surface area contributed by atoms with Gasteiger partial charge in [0.2, 0.25) is 0 Å². The van der Waals surface area contributed by atoms with Gasteiger partial charge in [-0.05, 0) is 39.3 Å². The molecule has 0 aromatic heterocycles. The van der Waals surface area contributed by atoms with Crippen LogP contribution in [0.1, 0.15) is 42.3 Å². The Bertz CT molecular complexity index is 500. The maximum absolute atomic E-state index is 12.8. The van der Waals surface area contributed by atoms with Crippen LogP contribution < -0.4 is 0 Å². The van der Waals surface area contributed by atoms with Gasteiger partial charge in [0, 0.05) is 29.2 Å². The van der Waals surface area contributed by atoms with Crippen LogP contribution in [-0.2, 0) is 0 Å². The van der Waals surface area contributed by atoms with Crippen molar-refractivity contribution in [2.45, 2.75) is 52.0 Å². The van der Waals surface area contributed by atoms with E-state index >= 15 is 0 Å². The van der Waals surface area contributed by atoms with Crippen molar-refractivity contribution in [2.24, 2.45) is 0 Å². The van der Waals surface area contributed by atoms with Gasteiger partial charge in [-0.2, -0.15) is 11.8 Å². The lowest BCUT2D eigenvalue weighted by atomic mass is 9.96. The van der Waals surface area contributed by atoms with Crippen molar-refractivity contribution < 1.29 is 4.79 Å². The van der Waals surface area contributed by atoms with Crippen molar-refractivity contribution in [3.63, 3.8) is 0 Å². The fourth-order valence-electron chi connectivity index (χ4n) is 2.88. The first-order chi connectivity index (χ1) is 9.41. The molecule has 20 heavy (non-hydrogen) atoms. The molecule has 1 aliphatic rings. The summed E-state index contributed by atoms with van der Waals surface area (Å²) < 4.78 is 0. The molecule has 3 heteroatoms. The van der Waals surface area contributed by atoms with Gasteiger partial charge < -0.3 is 0 Å². The number of carbonyl (C=O) groups excluding carboxylic acids is 1. The Balaban J connectivity index is 2.21. The number of thioether (sulfide) groups is 1. The van der Waals surface area contributed by atoms with Gasteiger partial charge in [0.1, 0.15) is 0 Å². The number of nitrogens with zero attached hydrogens (tertiary/aromatic N) is 1. The van der Waals surface area contributed by atoms with Gasteiger partial charge >= 0.3 is 0 Å².